The van der Waals surface area contributed by atoms with Gasteiger partial charge in [0.25, 0.3) is 5.91 Å². The molecule has 2 aromatic rings. The van der Waals surface area contributed by atoms with Crippen LogP contribution in [0.2, 0.25) is 0 Å². The number of anilines is 1. The quantitative estimate of drug-likeness (QED) is 0.489. The molecule has 0 unspecified atom stereocenters. The predicted octanol–water partition coefficient (Wildman–Crippen LogP) is 4.28. The normalized spacial score (nSPS) is 14.2. The van der Waals surface area contributed by atoms with Gasteiger partial charge in [0.15, 0.2) is 6.61 Å². The predicted molar refractivity (Wildman–Crippen MR) is 116 cm³/mol. The summed E-state index contributed by atoms with van der Waals surface area (Å²) in [6, 6.07) is 16.2. The Balaban J connectivity index is 1.36. The summed E-state index contributed by atoms with van der Waals surface area (Å²) in [5.41, 5.74) is 1.93. The first kappa shape index (κ1) is 22.1. The van der Waals surface area contributed by atoms with E-state index in [1.54, 1.807) is 24.3 Å². The number of carbonyl (C=O) groups is 3. The van der Waals surface area contributed by atoms with Gasteiger partial charge in [-0.15, -0.1) is 0 Å². The van der Waals surface area contributed by atoms with Gasteiger partial charge in [-0.3, -0.25) is 14.4 Å². The van der Waals surface area contributed by atoms with E-state index in [1.807, 2.05) is 30.3 Å². The van der Waals surface area contributed by atoms with Gasteiger partial charge in [-0.1, -0.05) is 37.5 Å². The summed E-state index contributed by atoms with van der Waals surface area (Å²) in [6.07, 6.45) is 4.95. The Hall–Kier alpha value is -3.55. The van der Waals surface area contributed by atoms with E-state index >= 15 is 0 Å². The van der Waals surface area contributed by atoms with E-state index in [0.29, 0.717) is 11.4 Å². The lowest BCUT2D eigenvalue weighted by Gasteiger charge is -2.20. The summed E-state index contributed by atoms with van der Waals surface area (Å²) >= 11 is 0. The van der Waals surface area contributed by atoms with Gasteiger partial charge in [0, 0.05) is 11.6 Å². The summed E-state index contributed by atoms with van der Waals surface area (Å²) in [4.78, 5) is 35.8. The molecular formula is C23H26N4O4. The first-order valence-corrected chi connectivity index (χ1v) is 10.4. The van der Waals surface area contributed by atoms with E-state index in [1.165, 1.54) is 0 Å². The van der Waals surface area contributed by atoms with Crippen LogP contribution in [0.1, 0.15) is 32.1 Å². The smallest absolute Gasteiger partial charge is 0.325 e. The van der Waals surface area contributed by atoms with E-state index in [-0.39, 0.29) is 18.4 Å². The molecule has 31 heavy (non-hydrogen) atoms. The van der Waals surface area contributed by atoms with Crippen LogP contribution >= 0.6 is 0 Å². The lowest BCUT2D eigenvalue weighted by molar-refractivity contribution is -0.147. The molecular weight excluding hydrogens is 396 g/mol. The molecule has 1 aliphatic carbocycles. The summed E-state index contributed by atoms with van der Waals surface area (Å²) in [5.74, 6) is -1.26. The van der Waals surface area contributed by atoms with Crippen LogP contribution in [0.4, 0.5) is 17.1 Å². The van der Waals surface area contributed by atoms with E-state index in [9.17, 15) is 14.4 Å². The SMILES string of the molecule is O=C(COC(=O)CNC(=O)C1CCCCC1)Nc1ccc(N=Nc2ccccc2)cc1. The van der Waals surface area contributed by atoms with E-state index in [4.69, 9.17) is 4.74 Å². The molecule has 2 aromatic carbocycles. The van der Waals surface area contributed by atoms with Crippen LogP contribution in [0.25, 0.3) is 0 Å². The molecule has 1 fully saturated rings. The third kappa shape index (κ3) is 7.65. The summed E-state index contributed by atoms with van der Waals surface area (Å²) in [5, 5.41) is 13.5. The Bertz CT molecular complexity index is 907. The van der Waals surface area contributed by atoms with Crippen LogP contribution in [0, 0.1) is 5.92 Å². The molecule has 162 valence electrons. The van der Waals surface area contributed by atoms with Crippen LogP contribution in [-0.4, -0.2) is 30.9 Å². The van der Waals surface area contributed by atoms with Gasteiger partial charge in [-0.25, -0.2) is 0 Å². The van der Waals surface area contributed by atoms with Crippen molar-refractivity contribution in [2.75, 3.05) is 18.5 Å². The van der Waals surface area contributed by atoms with Gasteiger partial charge in [0.1, 0.15) is 6.54 Å². The molecule has 0 saturated heterocycles. The molecule has 1 saturated carbocycles. The monoisotopic (exact) mass is 422 g/mol. The Labute approximate surface area is 181 Å². The standard InChI is InChI=1S/C23H26N4O4/c28-21(16-31-22(29)15-24-23(30)17-7-3-1-4-8-17)25-18-11-13-20(14-12-18)27-26-19-9-5-2-6-10-19/h2,5-6,9-14,17H,1,3-4,7-8,15-16H2,(H,24,30)(H,25,28). The van der Waals surface area contributed by atoms with Crippen LogP contribution < -0.4 is 10.6 Å². The van der Waals surface area contributed by atoms with Crippen molar-refractivity contribution in [1.29, 1.82) is 0 Å². The van der Waals surface area contributed by atoms with Crippen molar-refractivity contribution in [2.24, 2.45) is 16.1 Å². The van der Waals surface area contributed by atoms with Gasteiger partial charge in [0.2, 0.25) is 5.91 Å². The van der Waals surface area contributed by atoms with Gasteiger partial charge in [0.05, 0.1) is 11.4 Å². The Kier molecular flexibility index (Phi) is 8.28. The second kappa shape index (κ2) is 11.6. The van der Waals surface area contributed by atoms with Crippen molar-refractivity contribution in [3.8, 4) is 0 Å². The first-order valence-electron chi connectivity index (χ1n) is 10.4. The number of ether oxygens (including phenoxy) is 1. The molecule has 0 aliphatic heterocycles. The fourth-order valence-electron chi connectivity index (χ4n) is 3.28. The fraction of sp³-hybridized carbons (Fsp3) is 0.348. The minimum absolute atomic E-state index is 0.0277. The third-order valence-electron chi connectivity index (χ3n) is 4.94. The zero-order valence-corrected chi connectivity index (χ0v) is 17.3. The molecule has 8 nitrogen and oxygen atoms in total. The van der Waals surface area contributed by atoms with Gasteiger partial charge in [-0.05, 0) is 49.2 Å². The highest BCUT2D eigenvalue weighted by Crippen LogP contribution is 2.23. The third-order valence-corrected chi connectivity index (χ3v) is 4.94. The number of carbonyl (C=O) groups excluding carboxylic acids is 3. The average molecular weight is 422 g/mol. The highest BCUT2D eigenvalue weighted by Gasteiger charge is 2.21. The first-order chi connectivity index (χ1) is 15.1. The Morgan fingerprint density at radius 3 is 2.19 bits per heavy atom. The zero-order chi connectivity index (χ0) is 21.9. The van der Waals surface area contributed by atoms with Crippen molar-refractivity contribution in [2.45, 2.75) is 32.1 Å². The van der Waals surface area contributed by atoms with Gasteiger partial charge in [-0.2, -0.15) is 10.2 Å². The molecule has 3 rings (SSSR count). The number of nitrogens with zero attached hydrogens (tertiary/aromatic N) is 2. The number of hydrogen-bond donors (Lipinski definition) is 2. The number of benzene rings is 2. The molecule has 1 aliphatic rings. The van der Waals surface area contributed by atoms with E-state index < -0.39 is 18.5 Å². The molecule has 2 amide bonds. The van der Waals surface area contributed by atoms with Crippen molar-refractivity contribution >= 4 is 34.8 Å². The number of esters is 1. The highest BCUT2D eigenvalue weighted by atomic mass is 16.5. The summed E-state index contributed by atoms with van der Waals surface area (Å²) in [6.45, 7) is -0.655. The molecule has 0 spiro atoms. The van der Waals surface area contributed by atoms with Crippen molar-refractivity contribution in [1.82, 2.24) is 5.32 Å². The lowest BCUT2D eigenvalue weighted by Crippen LogP contribution is -2.36. The number of azo groups is 1. The minimum Gasteiger partial charge on any atom is -0.454 e. The van der Waals surface area contributed by atoms with Crippen molar-refractivity contribution in [3.05, 3.63) is 54.6 Å². The van der Waals surface area contributed by atoms with Crippen LogP contribution in [0.5, 0.6) is 0 Å². The van der Waals surface area contributed by atoms with Crippen LogP contribution in [0.3, 0.4) is 0 Å². The molecule has 0 radical (unpaired) electrons. The maximum absolute atomic E-state index is 12.0. The van der Waals surface area contributed by atoms with Crippen molar-refractivity contribution < 1.29 is 19.1 Å². The van der Waals surface area contributed by atoms with Gasteiger partial charge >= 0.3 is 5.97 Å². The van der Waals surface area contributed by atoms with E-state index in [2.05, 4.69) is 20.9 Å². The maximum atomic E-state index is 12.0. The molecule has 0 atom stereocenters. The van der Waals surface area contributed by atoms with Crippen LogP contribution in [-0.2, 0) is 19.1 Å². The number of amides is 2. The second-order valence-corrected chi connectivity index (χ2v) is 7.34. The minimum atomic E-state index is -0.643. The second-order valence-electron chi connectivity index (χ2n) is 7.34. The molecule has 8 heteroatoms. The number of hydrogen-bond acceptors (Lipinski definition) is 6. The maximum Gasteiger partial charge on any atom is 0.325 e. The summed E-state index contributed by atoms with van der Waals surface area (Å²) < 4.78 is 4.93. The van der Waals surface area contributed by atoms with Crippen molar-refractivity contribution in [3.63, 3.8) is 0 Å². The lowest BCUT2D eigenvalue weighted by atomic mass is 9.89. The Morgan fingerprint density at radius 2 is 1.52 bits per heavy atom. The Morgan fingerprint density at radius 1 is 0.871 bits per heavy atom. The number of nitrogens with one attached hydrogen (secondary N) is 2. The molecule has 2 N–H and O–H groups in total. The van der Waals surface area contributed by atoms with E-state index in [0.717, 1.165) is 37.8 Å². The summed E-state index contributed by atoms with van der Waals surface area (Å²) in [7, 11) is 0. The molecule has 0 heterocycles. The fourth-order valence-corrected chi connectivity index (χ4v) is 3.28. The zero-order valence-electron chi connectivity index (χ0n) is 17.3. The number of rotatable bonds is 8. The molecule has 0 aromatic heterocycles. The highest BCUT2D eigenvalue weighted by molar-refractivity contribution is 5.93. The van der Waals surface area contributed by atoms with Crippen LogP contribution in [0.15, 0.2) is 64.8 Å². The van der Waals surface area contributed by atoms with Gasteiger partial charge < -0.3 is 15.4 Å². The molecule has 0 bridgehead atoms. The average Bonchev–Trinajstić information content (AvgIpc) is 2.82. The topological polar surface area (TPSA) is 109 Å². The largest absolute Gasteiger partial charge is 0.454 e.